The molecule has 13 heteroatoms. The summed E-state index contributed by atoms with van der Waals surface area (Å²) < 4.78 is 74.0. The van der Waals surface area contributed by atoms with E-state index in [1.54, 1.807) is 12.1 Å². The Balaban J connectivity index is 1.52. The predicted octanol–water partition coefficient (Wildman–Crippen LogP) is 4.93. The van der Waals surface area contributed by atoms with E-state index in [2.05, 4.69) is 14.7 Å². The molecule has 8 nitrogen and oxygen atoms in total. The number of methoxy groups -OCH3 is 1. The third-order valence-corrected chi connectivity index (χ3v) is 8.58. The van der Waals surface area contributed by atoms with Crippen molar-refractivity contribution in [3.63, 3.8) is 0 Å². The van der Waals surface area contributed by atoms with E-state index in [-0.39, 0.29) is 36.0 Å². The Kier molecular flexibility index (Phi) is 6.72. The Bertz CT molecular complexity index is 1620. The molecule has 200 valence electrons. The number of nitrogens with one attached hydrogen (secondary N) is 1. The first-order valence-electron chi connectivity index (χ1n) is 11.6. The highest BCUT2D eigenvalue weighted by atomic mass is 35.5. The zero-order valence-electron chi connectivity index (χ0n) is 19.9. The average molecular weight is 567 g/mol. The van der Waals surface area contributed by atoms with Crippen LogP contribution in [-0.4, -0.2) is 41.6 Å². The Morgan fingerprint density at radius 1 is 1.13 bits per heavy atom. The largest absolute Gasteiger partial charge is 0.495 e. The molecule has 2 aliphatic rings. The first-order valence-corrected chi connectivity index (χ1v) is 13.6. The molecule has 2 heterocycles. The van der Waals surface area contributed by atoms with Crippen molar-refractivity contribution in [1.29, 1.82) is 0 Å². The minimum absolute atomic E-state index is 0.0294. The van der Waals surface area contributed by atoms with Crippen LogP contribution in [0, 0.1) is 11.8 Å². The number of anilines is 1. The molecule has 0 saturated heterocycles. The molecule has 1 fully saturated rings. The molecule has 0 bridgehead atoms. The molecular formula is C25H22ClF3N4O4S. The summed E-state index contributed by atoms with van der Waals surface area (Å²) in [6.07, 6.45) is 0.288. The molecule has 5 rings (SSSR count). The van der Waals surface area contributed by atoms with E-state index in [0.29, 0.717) is 27.9 Å². The topological polar surface area (TPSA) is 103 Å². The number of ether oxygens (including phenoxy) is 1. The van der Waals surface area contributed by atoms with Crippen LogP contribution in [-0.2, 0) is 14.8 Å². The molecular weight excluding hydrogens is 545 g/mol. The number of sulfonamides is 1. The van der Waals surface area contributed by atoms with Crippen molar-refractivity contribution in [3.05, 3.63) is 76.6 Å². The molecule has 0 spiro atoms. The lowest BCUT2D eigenvalue weighted by Crippen LogP contribution is -2.38. The van der Waals surface area contributed by atoms with Crippen LogP contribution in [0.15, 0.2) is 75.9 Å². The summed E-state index contributed by atoms with van der Waals surface area (Å²) in [6.45, 7) is 0. The second kappa shape index (κ2) is 9.73. The lowest BCUT2D eigenvalue weighted by atomic mass is 9.69. The van der Waals surface area contributed by atoms with Crippen LogP contribution < -0.4 is 10.3 Å². The highest BCUT2D eigenvalue weighted by Crippen LogP contribution is 2.50. The number of fused-ring (bicyclic) bond motifs is 1. The van der Waals surface area contributed by atoms with Gasteiger partial charge in [-0.1, -0.05) is 0 Å². The van der Waals surface area contributed by atoms with Gasteiger partial charge >= 0.3 is 6.18 Å². The van der Waals surface area contributed by atoms with Crippen LogP contribution in [0.2, 0.25) is 0 Å². The van der Waals surface area contributed by atoms with Crippen LogP contribution in [0.5, 0.6) is 0 Å². The van der Waals surface area contributed by atoms with Crippen molar-refractivity contribution in [2.75, 3.05) is 11.8 Å². The van der Waals surface area contributed by atoms with E-state index in [4.69, 9.17) is 16.3 Å². The highest BCUT2D eigenvalue weighted by Gasteiger charge is 2.49. The van der Waals surface area contributed by atoms with E-state index < -0.39 is 33.1 Å². The maximum Gasteiger partial charge on any atom is 0.391 e. The lowest BCUT2D eigenvalue weighted by molar-refractivity contribution is -0.201. The van der Waals surface area contributed by atoms with E-state index in [1.807, 2.05) is 0 Å². The van der Waals surface area contributed by atoms with Crippen molar-refractivity contribution >= 4 is 44.2 Å². The monoisotopic (exact) mass is 566 g/mol. The van der Waals surface area contributed by atoms with Gasteiger partial charge in [-0.15, -0.1) is 11.6 Å². The SMILES string of the molecule is COC1=C(n2c(=O)ccc3cc(S(=O)(=O)Nc4ncccn4)ccc32)CC(Cl)C([C@H]2C[C@H](C(F)(F)F)C2)=C1. The van der Waals surface area contributed by atoms with Gasteiger partial charge in [0.15, 0.2) is 0 Å². The molecule has 1 saturated carbocycles. The highest BCUT2D eigenvalue weighted by molar-refractivity contribution is 7.92. The van der Waals surface area contributed by atoms with Crippen molar-refractivity contribution in [2.24, 2.45) is 11.8 Å². The minimum Gasteiger partial charge on any atom is -0.495 e. The molecule has 1 aromatic carbocycles. The number of nitrogens with zero attached hydrogens (tertiary/aromatic N) is 3. The van der Waals surface area contributed by atoms with Crippen molar-refractivity contribution in [3.8, 4) is 0 Å². The quantitative estimate of drug-likeness (QED) is 0.424. The molecule has 1 unspecified atom stereocenters. The fraction of sp³-hybridized carbons (Fsp3) is 0.320. The predicted molar refractivity (Wildman–Crippen MR) is 136 cm³/mol. The Morgan fingerprint density at radius 3 is 2.50 bits per heavy atom. The first-order chi connectivity index (χ1) is 18.0. The Hall–Kier alpha value is -3.38. The molecule has 0 aliphatic heterocycles. The fourth-order valence-electron chi connectivity index (χ4n) is 4.82. The third-order valence-electron chi connectivity index (χ3n) is 6.85. The number of pyridine rings is 1. The van der Waals surface area contributed by atoms with Crippen LogP contribution in [0.3, 0.4) is 0 Å². The number of alkyl halides is 4. The molecule has 1 atom stereocenters. The maximum atomic E-state index is 13.0. The van der Waals surface area contributed by atoms with Gasteiger partial charge in [-0.2, -0.15) is 13.2 Å². The summed E-state index contributed by atoms with van der Waals surface area (Å²) in [7, 11) is -2.60. The van der Waals surface area contributed by atoms with Crippen LogP contribution in [0.1, 0.15) is 19.3 Å². The fourth-order valence-corrected chi connectivity index (χ4v) is 6.20. The number of rotatable bonds is 6. The molecule has 2 aromatic heterocycles. The smallest absolute Gasteiger partial charge is 0.391 e. The zero-order chi connectivity index (χ0) is 27.2. The van der Waals surface area contributed by atoms with Gasteiger partial charge in [0.25, 0.3) is 15.6 Å². The minimum atomic E-state index is -4.23. The summed E-state index contributed by atoms with van der Waals surface area (Å²) in [4.78, 5) is 20.7. The number of aromatic nitrogens is 3. The summed E-state index contributed by atoms with van der Waals surface area (Å²) in [5.41, 5.74) is 1.11. The lowest BCUT2D eigenvalue weighted by Gasteiger charge is -2.40. The Labute approximate surface area is 220 Å². The summed E-state index contributed by atoms with van der Waals surface area (Å²) in [6, 6.07) is 8.63. The average Bonchev–Trinajstić information content (AvgIpc) is 2.83. The van der Waals surface area contributed by atoms with E-state index in [1.165, 1.54) is 54.4 Å². The number of halogens is 4. The molecule has 38 heavy (non-hydrogen) atoms. The van der Waals surface area contributed by atoms with Gasteiger partial charge in [0.05, 0.1) is 34.5 Å². The van der Waals surface area contributed by atoms with Gasteiger partial charge in [-0.3, -0.25) is 9.36 Å². The van der Waals surface area contributed by atoms with Crippen LogP contribution >= 0.6 is 11.6 Å². The second-order valence-corrected chi connectivity index (χ2v) is 11.4. The van der Waals surface area contributed by atoms with E-state index in [0.717, 1.165) is 0 Å². The van der Waals surface area contributed by atoms with Crippen LogP contribution in [0.25, 0.3) is 16.6 Å². The van der Waals surface area contributed by atoms with Gasteiger partial charge in [0, 0.05) is 30.3 Å². The summed E-state index contributed by atoms with van der Waals surface area (Å²) in [5, 5.41) is -0.169. The van der Waals surface area contributed by atoms with Gasteiger partial charge in [0.1, 0.15) is 5.76 Å². The van der Waals surface area contributed by atoms with E-state index >= 15 is 0 Å². The van der Waals surface area contributed by atoms with Crippen molar-refractivity contribution in [1.82, 2.24) is 14.5 Å². The van der Waals surface area contributed by atoms with Gasteiger partial charge in [0.2, 0.25) is 5.95 Å². The van der Waals surface area contributed by atoms with Crippen LogP contribution in [0.4, 0.5) is 19.1 Å². The first kappa shape index (κ1) is 26.2. The normalized spacial score (nSPS) is 22.1. The van der Waals surface area contributed by atoms with Gasteiger partial charge in [-0.05, 0) is 60.7 Å². The summed E-state index contributed by atoms with van der Waals surface area (Å²) >= 11 is 6.63. The van der Waals surface area contributed by atoms with E-state index in [9.17, 15) is 26.4 Å². The number of benzene rings is 1. The molecule has 0 radical (unpaired) electrons. The Morgan fingerprint density at radius 2 is 1.84 bits per heavy atom. The number of allylic oxidation sites excluding steroid dienone is 3. The number of hydrogen-bond acceptors (Lipinski definition) is 6. The molecule has 0 amide bonds. The second-order valence-electron chi connectivity index (χ2n) is 9.14. The molecule has 2 aliphatic carbocycles. The van der Waals surface area contributed by atoms with Gasteiger partial charge < -0.3 is 4.74 Å². The van der Waals surface area contributed by atoms with Crippen molar-refractivity contribution in [2.45, 2.75) is 35.7 Å². The number of hydrogen-bond donors (Lipinski definition) is 1. The zero-order valence-corrected chi connectivity index (χ0v) is 21.5. The molecule has 3 aromatic rings. The standard InChI is InChI=1S/C25H22ClF3N4O4S/c1-37-22-12-18(15-9-16(10-15)25(27,28)29)19(26)13-21(22)33-20-5-4-17(11-14(20)3-6-23(33)34)38(35,36)32-24-30-7-2-8-31-24/h2-8,11-12,15-16,19H,9-10,13H2,1H3,(H,30,31,32)/t15-,16-,19?. The maximum absolute atomic E-state index is 13.0. The van der Waals surface area contributed by atoms with Crippen molar-refractivity contribution < 1.29 is 26.3 Å². The third kappa shape index (κ3) is 4.90. The molecule has 1 N–H and O–H groups in total. The summed E-state index contributed by atoms with van der Waals surface area (Å²) in [5.74, 6) is -1.42. The van der Waals surface area contributed by atoms with Gasteiger partial charge in [-0.25, -0.2) is 23.1 Å².